The summed E-state index contributed by atoms with van der Waals surface area (Å²) in [7, 11) is 0. The minimum atomic E-state index is -0.959. The van der Waals surface area contributed by atoms with Crippen LogP contribution in [0.15, 0.2) is 30.3 Å². The fourth-order valence-electron chi connectivity index (χ4n) is 1.85. The summed E-state index contributed by atoms with van der Waals surface area (Å²) < 4.78 is 0. The van der Waals surface area contributed by atoms with Crippen molar-refractivity contribution >= 4 is 11.9 Å². The van der Waals surface area contributed by atoms with Crippen molar-refractivity contribution in [3.63, 3.8) is 0 Å². The molecule has 2 rings (SSSR count). The molecule has 0 radical (unpaired) electrons. The van der Waals surface area contributed by atoms with E-state index in [-0.39, 0.29) is 6.04 Å². The van der Waals surface area contributed by atoms with Crippen molar-refractivity contribution in [3.8, 4) is 0 Å². The lowest BCUT2D eigenvalue weighted by molar-refractivity contribution is -0.139. The van der Waals surface area contributed by atoms with Gasteiger partial charge in [0, 0.05) is 0 Å². The van der Waals surface area contributed by atoms with Crippen molar-refractivity contribution in [3.05, 3.63) is 35.9 Å². The Labute approximate surface area is 117 Å². The Hall–Kier alpha value is -1.92. The molecule has 0 bridgehead atoms. The summed E-state index contributed by atoms with van der Waals surface area (Å²) in [5.41, 5.74) is 6.30. The molecule has 0 amide bonds. The van der Waals surface area contributed by atoms with Gasteiger partial charge in [0.15, 0.2) is 0 Å². The summed E-state index contributed by atoms with van der Waals surface area (Å²) in [5, 5.41) is 19.7. The highest BCUT2D eigenvalue weighted by Gasteiger charge is 2.20. The van der Waals surface area contributed by atoms with Crippen LogP contribution in [0.4, 0.5) is 0 Å². The quantitative estimate of drug-likeness (QED) is 0.637. The Balaban J connectivity index is 0.000000217. The molecule has 20 heavy (non-hydrogen) atoms. The summed E-state index contributed by atoms with van der Waals surface area (Å²) in [4.78, 5) is 20.5. The molecule has 1 heterocycles. The lowest BCUT2D eigenvalue weighted by atomic mass is 10.1. The molecule has 5 N–H and O–H groups in total. The van der Waals surface area contributed by atoms with Crippen LogP contribution in [-0.2, 0) is 16.0 Å². The number of carbonyl (C=O) groups is 2. The van der Waals surface area contributed by atoms with Gasteiger partial charge in [0.2, 0.25) is 0 Å². The van der Waals surface area contributed by atoms with E-state index in [0.29, 0.717) is 6.42 Å². The number of carboxylic acid groups (broad SMARTS) is 2. The highest BCUT2D eigenvalue weighted by molar-refractivity contribution is 5.74. The van der Waals surface area contributed by atoms with Gasteiger partial charge < -0.3 is 21.3 Å². The molecular formula is C14H20N2O4. The van der Waals surface area contributed by atoms with Gasteiger partial charge in [0.05, 0.1) is 0 Å². The Morgan fingerprint density at radius 2 is 1.95 bits per heavy atom. The Bertz CT molecular complexity index is 430. The molecule has 0 aliphatic carbocycles. The van der Waals surface area contributed by atoms with Gasteiger partial charge in [-0.1, -0.05) is 30.3 Å². The normalized spacial score (nSPS) is 18.8. The van der Waals surface area contributed by atoms with Crippen molar-refractivity contribution in [2.75, 3.05) is 6.54 Å². The van der Waals surface area contributed by atoms with Crippen molar-refractivity contribution in [2.45, 2.75) is 31.3 Å². The van der Waals surface area contributed by atoms with Crippen molar-refractivity contribution in [2.24, 2.45) is 5.73 Å². The zero-order valence-corrected chi connectivity index (χ0v) is 11.2. The Morgan fingerprint density at radius 3 is 2.35 bits per heavy atom. The van der Waals surface area contributed by atoms with Crippen molar-refractivity contribution in [1.29, 1.82) is 0 Å². The molecule has 0 spiro atoms. The highest BCUT2D eigenvalue weighted by Crippen LogP contribution is 2.03. The van der Waals surface area contributed by atoms with Gasteiger partial charge in [-0.2, -0.15) is 0 Å². The number of rotatable bonds is 4. The first-order chi connectivity index (χ1) is 9.50. The van der Waals surface area contributed by atoms with Gasteiger partial charge in [0.25, 0.3) is 0 Å². The minimum absolute atomic E-state index is 0.269. The van der Waals surface area contributed by atoms with Gasteiger partial charge >= 0.3 is 11.9 Å². The third kappa shape index (κ3) is 5.81. The number of hydrogen-bond donors (Lipinski definition) is 4. The first kappa shape index (κ1) is 16.1. The molecule has 110 valence electrons. The summed E-state index contributed by atoms with van der Waals surface area (Å²) in [6.45, 7) is 0.858. The van der Waals surface area contributed by atoms with E-state index >= 15 is 0 Å². The van der Waals surface area contributed by atoms with Crippen molar-refractivity contribution < 1.29 is 19.8 Å². The molecule has 2 atom stereocenters. The Morgan fingerprint density at radius 1 is 1.30 bits per heavy atom. The van der Waals surface area contributed by atoms with E-state index in [1.807, 2.05) is 30.3 Å². The first-order valence-electron chi connectivity index (χ1n) is 6.49. The topological polar surface area (TPSA) is 113 Å². The fourth-order valence-corrected chi connectivity index (χ4v) is 1.85. The van der Waals surface area contributed by atoms with Crippen LogP contribution >= 0.6 is 0 Å². The van der Waals surface area contributed by atoms with Crippen LogP contribution in [0.1, 0.15) is 18.4 Å². The van der Waals surface area contributed by atoms with Crippen LogP contribution < -0.4 is 11.1 Å². The van der Waals surface area contributed by atoms with Gasteiger partial charge in [-0.25, -0.2) is 0 Å². The number of nitrogens with two attached hydrogens (primary N) is 1. The van der Waals surface area contributed by atoms with E-state index < -0.39 is 18.0 Å². The predicted molar refractivity (Wildman–Crippen MR) is 74.4 cm³/mol. The molecule has 1 aliphatic heterocycles. The second-order valence-corrected chi connectivity index (χ2v) is 4.62. The second-order valence-electron chi connectivity index (χ2n) is 4.62. The summed E-state index contributed by atoms with van der Waals surface area (Å²) >= 11 is 0. The van der Waals surface area contributed by atoms with Crippen LogP contribution in [0.3, 0.4) is 0 Å². The zero-order valence-electron chi connectivity index (χ0n) is 11.2. The van der Waals surface area contributed by atoms with Crippen LogP contribution in [-0.4, -0.2) is 40.8 Å². The van der Waals surface area contributed by atoms with Gasteiger partial charge in [-0.3, -0.25) is 9.59 Å². The van der Waals surface area contributed by atoms with Crippen LogP contribution in [0, 0.1) is 0 Å². The lowest BCUT2D eigenvalue weighted by Crippen LogP contribution is -2.32. The smallest absolute Gasteiger partial charge is 0.320 e. The fraction of sp³-hybridized carbons (Fsp3) is 0.429. The predicted octanol–water partition coefficient (Wildman–Crippen LogP) is 0.464. The number of aliphatic carboxylic acids is 2. The molecule has 1 aromatic carbocycles. The average molecular weight is 280 g/mol. The molecule has 6 nitrogen and oxygen atoms in total. The third-order valence-electron chi connectivity index (χ3n) is 2.97. The van der Waals surface area contributed by atoms with E-state index in [1.54, 1.807) is 0 Å². The lowest BCUT2D eigenvalue weighted by Gasteiger charge is -2.04. The number of hydrogen-bond acceptors (Lipinski definition) is 4. The maximum Gasteiger partial charge on any atom is 0.320 e. The van der Waals surface area contributed by atoms with E-state index in [0.717, 1.165) is 24.9 Å². The zero-order chi connectivity index (χ0) is 15.0. The molecule has 6 heteroatoms. The standard InChI is InChI=1S/C9H11NO2.C5H9NO2/c10-8(9(11)12)6-7-4-2-1-3-5-7;7-5(8)4-2-1-3-6-4/h1-5,8H,6,10H2,(H,11,12);4,6H,1-3H2,(H,7,8)/t8-;4-/m10/s1. The van der Waals surface area contributed by atoms with E-state index in [1.165, 1.54) is 0 Å². The molecule has 0 aromatic heterocycles. The number of benzene rings is 1. The van der Waals surface area contributed by atoms with E-state index in [9.17, 15) is 9.59 Å². The van der Waals surface area contributed by atoms with Crippen molar-refractivity contribution in [1.82, 2.24) is 5.32 Å². The van der Waals surface area contributed by atoms with Crippen LogP contribution in [0.5, 0.6) is 0 Å². The largest absolute Gasteiger partial charge is 0.480 e. The number of nitrogens with one attached hydrogen (secondary N) is 1. The monoisotopic (exact) mass is 280 g/mol. The SMILES string of the molecule is N[C@H](Cc1ccccc1)C(=O)O.O=C(O)[C@@H]1CCCN1. The van der Waals surface area contributed by atoms with Gasteiger partial charge in [-0.05, 0) is 31.4 Å². The van der Waals surface area contributed by atoms with Crippen LogP contribution in [0.25, 0.3) is 0 Å². The Kier molecular flexibility index (Phi) is 6.69. The average Bonchev–Trinajstić information content (AvgIpc) is 2.94. The molecule has 0 saturated carbocycles. The molecule has 1 saturated heterocycles. The third-order valence-corrected chi connectivity index (χ3v) is 2.97. The summed E-state index contributed by atoms with van der Waals surface area (Å²) in [6, 6.07) is 8.28. The maximum absolute atomic E-state index is 10.4. The minimum Gasteiger partial charge on any atom is -0.480 e. The summed E-state index contributed by atoms with van der Waals surface area (Å²) in [6.07, 6.45) is 2.17. The summed E-state index contributed by atoms with van der Waals surface area (Å²) in [5.74, 6) is -1.68. The first-order valence-corrected chi connectivity index (χ1v) is 6.49. The molecule has 1 fully saturated rings. The maximum atomic E-state index is 10.4. The van der Waals surface area contributed by atoms with E-state index in [4.69, 9.17) is 15.9 Å². The number of carboxylic acids is 2. The van der Waals surface area contributed by atoms with E-state index in [2.05, 4.69) is 5.32 Å². The second kappa shape index (κ2) is 8.29. The molecule has 1 aromatic rings. The van der Waals surface area contributed by atoms with Gasteiger partial charge in [-0.15, -0.1) is 0 Å². The van der Waals surface area contributed by atoms with Crippen LogP contribution in [0.2, 0.25) is 0 Å². The van der Waals surface area contributed by atoms with Gasteiger partial charge in [0.1, 0.15) is 12.1 Å². The molecule has 1 aliphatic rings. The molecular weight excluding hydrogens is 260 g/mol. The molecule has 0 unspecified atom stereocenters. The highest BCUT2D eigenvalue weighted by atomic mass is 16.4.